The van der Waals surface area contributed by atoms with Gasteiger partial charge in [-0.2, -0.15) is 0 Å². The Hall–Kier alpha value is -0.540. The van der Waals surface area contributed by atoms with Gasteiger partial charge in [-0.05, 0) is 24.8 Å². The Balaban J connectivity index is 2.23. The van der Waals surface area contributed by atoms with E-state index in [9.17, 15) is 8.42 Å². The molecule has 1 aromatic rings. The highest BCUT2D eigenvalue weighted by Gasteiger charge is 2.03. The Morgan fingerprint density at radius 1 is 1.07 bits per heavy atom. The van der Waals surface area contributed by atoms with Crippen LogP contribution < -0.4 is 0 Å². The molecule has 78 valence electrons. The molecule has 0 spiro atoms. The normalized spacial score (nSPS) is 11.5. The lowest BCUT2D eigenvalue weighted by molar-refractivity contribution is 0.605. The third-order valence-electron chi connectivity index (χ3n) is 1.95. The molecule has 0 atom stereocenters. The first-order valence-corrected chi connectivity index (χ1v) is 7.02. The zero-order chi connectivity index (χ0) is 10.4. The predicted octanol–water partition coefficient (Wildman–Crippen LogP) is 2.58. The van der Waals surface area contributed by atoms with Crippen LogP contribution in [0.25, 0.3) is 0 Å². The van der Waals surface area contributed by atoms with Gasteiger partial charge in [0.1, 0.15) is 0 Å². The molecule has 0 aromatic heterocycles. The van der Waals surface area contributed by atoms with Gasteiger partial charge < -0.3 is 0 Å². The second-order valence-corrected chi connectivity index (χ2v) is 6.08. The lowest BCUT2D eigenvalue weighted by atomic mass is 10.1. The maximum absolute atomic E-state index is 10.6. The van der Waals surface area contributed by atoms with E-state index in [0.29, 0.717) is 6.42 Å². The lowest BCUT2D eigenvalue weighted by Gasteiger charge is -1.99. The standard InChI is InChI=1S/C10H13ClO2S/c11-14(12,13)9-5-4-8-10-6-2-1-3-7-10/h1-3,6-7H,4-5,8-9H2. The molecule has 1 aromatic carbocycles. The number of hydrogen-bond donors (Lipinski definition) is 0. The van der Waals surface area contributed by atoms with Gasteiger partial charge in [-0.3, -0.25) is 0 Å². The SMILES string of the molecule is O=S(=O)(Cl)CCCCc1ccccc1. The summed E-state index contributed by atoms with van der Waals surface area (Å²) in [6, 6.07) is 10.00. The predicted molar refractivity (Wildman–Crippen MR) is 59.0 cm³/mol. The minimum absolute atomic E-state index is 0.0708. The van der Waals surface area contributed by atoms with Gasteiger partial charge in [-0.15, -0.1) is 0 Å². The zero-order valence-electron chi connectivity index (χ0n) is 7.82. The van der Waals surface area contributed by atoms with Gasteiger partial charge in [-0.1, -0.05) is 30.3 Å². The van der Waals surface area contributed by atoms with Crippen molar-refractivity contribution in [2.45, 2.75) is 19.3 Å². The molecule has 1 rings (SSSR count). The van der Waals surface area contributed by atoms with Crippen LogP contribution in [0.5, 0.6) is 0 Å². The summed E-state index contributed by atoms with van der Waals surface area (Å²) in [6.45, 7) is 0. The third kappa shape index (κ3) is 5.25. The first kappa shape index (κ1) is 11.5. The number of hydrogen-bond acceptors (Lipinski definition) is 2. The maximum atomic E-state index is 10.6. The van der Waals surface area contributed by atoms with E-state index in [0.717, 1.165) is 12.8 Å². The third-order valence-corrected chi connectivity index (χ3v) is 3.19. The van der Waals surface area contributed by atoms with Gasteiger partial charge in [0.25, 0.3) is 0 Å². The molecule has 14 heavy (non-hydrogen) atoms. The zero-order valence-corrected chi connectivity index (χ0v) is 9.39. The average Bonchev–Trinajstić information content (AvgIpc) is 2.13. The monoisotopic (exact) mass is 232 g/mol. The summed E-state index contributed by atoms with van der Waals surface area (Å²) >= 11 is 0. The van der Waals surface area contributed by atoms with Gasteiger partial charge in [0, 0.05) is 10.7 Å². The number of aryl methyl sites for hydroxylation is 1. The highest BCUT2D eigenvalue weighted by molar-refractivity contribution is 8.13. The molecule has 0 aliphatic carbocycles. The van der Waals surface area contributed by atoms with E-state index in [-0.39, 0.29) is 5.75 Å². The van der Waals surface area contributed by atoms with Crippen LogP contribution in [-0.4, -0.2) is 14.2 Å². The fraction of sp³-hybridized carbons (Fsp3) is 0.400. The molecule has 0 bridgehead atoms. The molecule has 0 saturated carbocycles. The molecule has 2 nitrogen and oxygen atoms in total. The highest BCUT2D eigenvalue weighted by atomic mass is 35.7. The summed E-state index contributed by atoms with van der Waals surface area (Å²) < 4.78 is 21.2. The van der Waals surface area contributed by atoms with Gasteiger partial charge in [-0.25, -0.2) is 8.42 Å². The van der Waals surface area contributed by atoms with Crippen molar-refractivity contribution in [1.82, 2.24) is 0 Å². The fourth-order valence-electron chi connectivity index (χ4n) is 1.25. The number of rotatable bonds is 5. The summed E-state index contributed by atoms with van der Waals surface area (Å²) in [7, 11) is 1.78. The molecule has 0 aliphatic heterocycles. The molecule has 0 aliphatic rings. The van der Waals surface area contributed by atoms with E-state index >= 15 is 0 Å². The van der Waals surface area contributed by atoms with Crippen LogP contribution in [0.15, 0.2) is 30.3 Å². The van der Waals surface area contributed by atoms with E-state index in [1.807, 2.05) is 30.3 Å². The summed E-state index contributed by atoms with van der Waals surface area (Å²) in [5, 5.41) is 0. The van der Waals surface area contributed by atoms with E-state index in [1.54, 1.807) is 0 Å². The van der Waals surface area contributed by atoms with E-state index < -0.39 is 9.05 Å². The highest BCUT2D eigenvalue weighted by Crippen LogP contribution is 2.07. The molecule has 0 unspecified atom stereocenters. The second kappa shape index (κ2) is 5.37. The molecule has 0 heterocycles. The van der Waals surface area contributed by atoms with Gasteiger partial charge >= 0.3 is 0 Å². The Kier molecular flexibility index (Phi) is 4.42. The van der Waals surface area contributed by atoms with Crippen LogP contribution in [0.4, 0.5) is 0 Å². The van der Waals surface area contributed by atoms with Crippen LogP contribution in [0, 0.1) is 0 Å². The lowest BCUT2D eigenvalue weighted by Crippen LogP contribution is -1.97. The Morgan fingerprint density at radius 2 is 1.71 bits per heavy atom. The minimum Gasteiger partial charge on any atom is -0.212 e. The minimum atomic E-state index is -3.31. The first-order valence-electron chi connectivity index (χ1n) is 4.54. The van der Waals surface area contributed by atoms with Gasteiger partial charge in [0.2, 0.25) is 9.05 Å². The van der Waals surface area contributed by atoms with Crippen LogP contribution >= 0.6 is 10.7 Å². The summed E-state index contributed by atoms with van der Waals surface area (Å²) in [5.41, 5.74) is 1.24. The number of benzene rings is 1. The second-order valence-electron chi connectivity index (χ2n) is 3.19. The van der Waals surface area contributed by atoms with Crippen LogP contribution in [-0.2, 0) is 15.5 Å². The summed E-state index contributed by atoms with van der Waals surface area (Å²) in [5.74, 6) is 0.0708. The summed E-state index contributed by atoms with van der Waals surface area (Å²) in [6.07, 6.45) is 2.39. The Morgan fingerprint density at radius 3 is 2.29 bits per heavy atom. The van der Waals surface area contributed by atoms with Crippen molar-refractivity contribution < 1.29 is 8.42 Å². The van der Waals surface area contributed by atoms with Crippen LogP contribution in [0.2, 0.25) is 0 Å². The van der Waals surface area contributed by atoms with Crippen molar-refractivity contribution >= 4 is 19.7 Å². The van der Waals surface area contributed by atoms with Crippen molar-refractivity contribution in [3.63, 3.8) is 0 Å². The van der Waals surface area contributed by atoms with E-state index in [2.05, 4.69) is 0 Å². The number of unbranched alkanes of at least 4 members (excludes halogenated alkanes) is 1. The van der Waals surface area contributed by atoms with Gasteiger partial charge in [0.05, 0.1) is 5.75 Å². The van der Waals surface area contributed by atoms with Crippen molar-refractivity contribution in [1.29, 1.82) is 0 Å². The molecule has 4 heteroatoms. The Bertz CT molecular complexity index is 359. The Labute approximate surface area is 89.3 Å². The van der Waals surface area contributed by atoms with Gasteiger partial charge in [0.15, 0.2) is 0 Å². The maximum Gasteiger partial charge on any atom is 0.232 e. The molecular formula is C10H13ClO2S. The molecule has 0 fully saturated rings. The summed E-state index contributed by atoms with van der Waals surface area (Å²) in [4.78, 5) is 0. The van der Waals surface area contributed by atoms with Crippen LogP contribution in [0.3, 0.4) is 0 Å². The smallest absolute Gasteiger partial charge is 0.212 e. The quantitative estimate of drug-likeness (QED) is 0.578. The van der Waals surface area contributed by atoms with Crippen LogP contribution in [0.1, 0.15) is 18.4 Å². The average molecular weight is 233 g/mol. The molecule has 0 amide bonds. The van der Waals surface area contributed by atoms with Crippen molar-refractivity contribution in [3.8, 4) is 0 Å². The molecule has 0 saturated heterocycles. The van der Waals surface area contributed by atoms with E-state index in [1.165, 1.54) is 5.56 Å². The first-order chi connectivity index (χ1) is 6.58. The largest absolute Gasteiger partial charge is 0.232 e. The van der Waals surface area contributed by atoms with E-state index in [4.69, 9.17) is 10.7 Å². The van der Waals surface area contributed by atoms with Crippen molar-refractivity contribution in [2.24, 2.45) is 0 Å². The fourth-order valence-corrected chi connectivity index (χ4v) is 2.12. The molecule has 0 N–H and O–H groups in total. The van der Waals surface area contributed by atoms with Crippen molar-refractivity contribution in [3.05, 3.63) is 35.9 Å². The molecular weight excluding hydrogens is 220 g/mol. The number of halogens is 1. The molecule has 0 radical (unpaired) electrons. The topological polar surface area (TPSA) is 34.1 Å². The van der Waals surface area contributed by atoms with Crippen molar-refractivity contribution in [2.75, 3.05) is 5.75 Å².